The number of ether oxygens (including phenoxy) is 1. The number of carbonyl (C=O) groups excluding carboxylic acids is 2. The Kier molecular flexibility index (Phi) is 6.15. The topological polar surface area (TPSA) is 79.7 Å². The standard InChI is InChI=1S/C21H25ClFN5O3/c1-13-10-31-11-15(13)8-26(12-29)19-6-24-28-7-14(2)27(9-20(19)28)21(30)25-16-3-4-18(23)17(22)5-16/h3-6,12-15H,7-11H2,1-2H3,(H,25,30)/t13?,14-,15?/m0/s1. The van der Waals surface area contributed by atoms with Crippen molar-refractivity contribution in [3.63, 3.8) is 0 Å². The molecule has 3 atom stereocenters. The first kappa shape index (κ1) is 21.6. The number of carbonyl (C=O) groups is 2. The number of nitrogens with zero attached hydrogens (tertiary/aromatic N) is 4. The Morgan fingerprint density at radius 1 is 1.42 bits per heavy atom. The van der Waals surface area contributed by atoms with Crippen LogP contribution in [-0.4, -0.2) is 52.9 Å². The summed E-state index contributed by atoms with van der Waals surface area (Å²) in [4.78, 5) is 28.1. The van der Waals surface area contributed by atoms with Crippen molar-refractivity contribution in [2.24, 2.45) is 11.8 Å². The van der Waals surface area contributed by atoms with Crippen molar-refractivity contribution in [3.05, 3.63) is 40.9 Å². The average Bonchev–Trinajstić information content (AvgIpc) is 3.33. The van der Waals surface area contributed by atoms with Gasteiger partial charge in [0.1, 0.15) is 5.82 Å². The van der Waals surface area contributed by atoms with E-state index in [4.69, 9.17) is 16.3 Å². The van der Waals surface area contributed by atoms with Crippen LogP contribution in [0.25, 0.3) is 0 Å². The first-order valence-electron chi connectivity index (χ1n) is 10.2. The van der Waals surface area contributed by atoms with Crippen LogP contribution in [0.15, 0.2) is 24.4 Å². The average molecular weight is 450 g/mol. The SMILES string of the molecule is CC1COCC1CN(C=O)c1cnn2c1CN(C(=O)Nc1ccc(F)c(Cl)c1)[C@@H](C)C2. The molecular weight excluding hydrogens is 425 g/mol. The van der Waals surface area contributed by atoms with E-state index in [1.165, 1.54) is 18.2 Å². The lowest BCUT2D eigenvalue weighted by molar-refractivity contribution is -0.107. The van der Waals surface area contributed by atoms with Gasteiger partial charge in [-0.05, 0) is 31.0 Å². The van der Waals surface area contributed by atoms with Gasteiger partial charge in [0.25, 0.3) is 0 Å². The molecule has 0 saturated carbocycles. The van der Waals surface area contributed by atoms with E-state index in [0.717, 1.165) is 12.1 Å². The molecule has 0 spiro atoms. The minimum atomic E-state index is -0.546. The summed E-state index contributed by atoms with van der Waals surface area (Å²) in [7, 11) is 0. The summed E-state index contributed by atoms with van der Waals surface area (Å²) in [5, 5.41) is 7.14. The zero-order valence-electron chi connectivity index (χ0n) is 17.4. The van der Waals surface area contributed by atoms with Gasteiger partial charge in [-0.15, -0.1) is 0 Å². The molecule has 10 heteroatoms. The summed E-state index contributed by atoms with van der Waals surface area (Å²) < 4.78 is 20.8. The predicted octanol–water partition coefficient (Wildman–Crippen LogP) is 3.36. The molecule has 2 aliphatic heterocycles. The van der Waals surface area contributed by atoms with Crippen molar-refractivity contribution in [1.82, 2.24) is 14.7 Å². The van der Waals surface area contributed by atoms with Gasteiger partial charge in [-0.1, -0.05) is 18.5 Å². The second kappa shape index (κ2) is 8.84. The van der Waals surface area contributed by atoms with Crippen molar-refractivity contribution >= 4 is 35.4 Å². The molecule has 0 aliphatic carbocycles. The molecule has 1 saturated heterocycles. The summed E-state index contributed by atoms with van der Waals surface area (Å²) >= 11 is 5.82. The van der Waals surface area contributed by atoms with Gasteiger partial charge < -0.3 is 19.9 Å². The van der Waals surface area contributed by atoms with Gasteiger partial charge in [-0.3, -0.25) is 9.48 Å². The van der Waals surface area contributed by atoms with Gasteiger partial charge >= 0.3 is 6.03 Å². The van der Waals surface area contributed by atoms with Crippen molar-refractivity contribution in [2.45, 2.75) is 33.0 Å². The van der Waals surface area contributed by atoms with Gasteiger partial charge in [0.05, 0.1) is 48.3 Å². The van der Waals surface area contributed by atoms with Gasteiger partial charge in [-0.25, -0.2) is 9.18 Å². The van der Waals surface area contributed by atoms with Crippen molar-refractivity contribution in [2.75, 3.05) is 30.0 Å². The number of urea groups is 1. The second-order valence-electron chi connectivity index (χ2n) is 8.23. The minimum absolute atomic E-state index is 0.0587. The molecule has 3 amide bonds. The Balaban J connectivity index is 1.51. The zero-order chi connectivity index (χ0) is 22.1. The van der Waals surface area contributed by atoms with Gasteiger partial charge in [0.15, 0.2) is 0 Å². The highest BCUT2D eigenvalue weighted by Crippen LogP contribution is 2.30. The fourth-order valence-electron chi connectivity index (χ4n) is 4.06. The van der Waals surface area contributed by atoms with Crippen LogP contribution >= 0.6 is 11.6 Å². The van der Waals surface area contributed by atoms with E-state index in [2.05, 4.69) is 17.3 Å². The van der Waals surface area contributed by atoms with E-state index < -0.39 is 5.82 Å². The molecule has 8 nitrogen and oxygen atoms in total. The summed E-state index contributed by atoms with van der Waals surface area (Å²) in [6.07, 6.45) is 2.49. The fourth-order valence-corrected chi connectivity index (χ4v) is 4.24. The highest BCUT2D eigenvalue weighted by Gasteiger charge is 2.33. The molecule has 0 radical (unpaired) electrons. The Bertz CT molecular complexity index is 984. The Hall–Kier alpha value is -2.65. The smallest absolute Gasteiger partial charge is 0.322 e. The van der Waals surface area contributed by atoms with E-state index in [0.29, 0.717) is 50.1 Å². The van der Waals surface area contributed by atoms with E-state index in [9.17, 15) is 14.0 Å². The first-order valence-corrected chi connectivity index (χ1v) is 10.6. The molecule has 3 heterocycles. The number of aromatic nitrogens is 2. The Morgan fingerprint density at radius 2 is 2.23 bits per heavy atom. The van der Waals surface area contributed by atoms with E-state index in [1.54, 1.807) is 16.0 Å². The number of hydrogen-bond donors (Lipinski definition) is 1. The van der Waals surface area contributed by atoms with Crippen LogP contribution < -0.4 is 10.2 Å². The maximum absolute atomic E-state index is 13.4. The number of nitrogens with one attached hydrogen (secondary N) is 1. The largest absolute Gasteiger partial charge is 0.381 e. The molecule has 0 bridgehead atoms. The van der Waals surface area contributed by atoms with Crippen LogP contribution in [0.3, 0.4) is 0 Å². The van der Waals surface area contributed by atoms with Gasteiger partial charge in [0.2, 0.25) is 6.41 Å². The number of benzene rings is 1. The maximum Gasteiger partial charge on any atom is 0.322 e. The van der Waals surface area contributed by atoms with Crippen molar-refractivity contribution in [3.8, 4) is 0 Å². The lowest BCUT2D eigenvalue weighted by Crippen LogP contribution is -2.47. The highest BCUT2D eigenvalue weighted by molar-refractivity contribution is 6.31. The Morgan fingerprint density at radius 3 is 2.90 bits per heavy atom. The van der Waals surface area contributed by atoms with E-state index in [1.807, 2.05) is 11.6 Å². The summed E-state index contributed by atoms with van der Waals surface area (Å²) in [5.41, 5.74) is 1.90. The first-order chi connectivity index (χ1) is 14.9. The van der Waals surface area contributed by atoms with E-state index in [-0.39, 0.29) is 23.0 Å². The lowest BCUT2D eigenvalue weighted by atomic mass is 9.97. The molecule has 1 fully saturated rings. The molecule has 2 aliphatic rings. The van der Waals surface area contributed by atoms with Crippen molar-refractivity contribution < 1.29 is 18.7 Å². The number of hydrogen-bond acceptors (Lipinski definition) is 4. The highest BCUT2D eigenvalue weighted by atomic mass is 35.5. The molecule has 166 valence electrons. The molecule has 1 aromatic heterocycles. The third kappa shape index (κ3) is 4.38. The quantitative estimate of drug-likeness (QED) is 0.710. The van der Waals surface area contributed by atoms with Crippen LogP contribution in [0.4, 0.5) is 20.6 Å². The number of halogens is 2. The maximum atomic E-state index is 13.4. The number of fused-ring (bicyclic) bond motifs is 1. The minimum Gasteiger partial charge on any atom is -0.381 e. The van der Waals surface area contributed by atoms with Crippen LogP contribution in [0.5, 0.6) is 0 Å². The molecule has 2 unspecified atom stereocenters. The number of rotatable bonds is 5. The van der Waals surface area contributed by atoms with Crippen LogP contribution in [0, 0.1) is 17.7 Å². The van der Waals surface area contributed by atoms with E-state index >= 15 is 0 Å². The lowest BCUT2D eigenvalue weighted by Gasteiger charge is -2.35. The molecule has 2 aromatic rings. The second-order valence-corrected chi connectivity index (χ2v) is 8.63. The fraction of sp³-hybridized carbons (Fsp3) is 0.476. The summed E-state index contributed by atoms with van der Waals surface area (Å²) in [6, 6.07) is 3.59. The number of amides is 3. The predicted molar refractivity (Wildman–Crippen MR) is 115 cm³/mol. The zero-order valence-corrected chi connectivity index (χ0v) is 18.2. The van der Waals surface area contributed by atoms with Gasteiger partial charge in [0, 0.05) is 24.8 Å². The monoisotopic (exact) mass is 449 g/mol. The van der Waals surface area contributed by atoms with Crippen molar-refractivity contribution in [1.29, 1.82) is 0 Å². The Labute approximate surface area is 184 Å². The summed E-state index contributed by atoms with van der Waals surface area (Å²) in [6.45, 7) is 6.70. The van der Waals surface area contributed by atoms with Crippen LogP contribution in [0.1, 0.15) is 19.5 Å². The number of anilines is 2. The van der Waals surface area contributed by atoms with Crippen LogP contribution in [-0.2, 0) is 22.6 Å². The van der Waals surface area contributed by atoms with Crippen LogP contribution in [0.2, 0.25) is 5.02 Å². The van der Waals surface area contributed by atoms with Gasteiger partial charge in [-0.2, -0.15) is 5.10 Å². The molecule has 31 heavy (non-hydrogen) atoms. The normalized spacial score (nSPS) is 22.8. The third-order valence-electron chi connectivity index (χ3n) is 6.03. The molecule has 1 N–H and O–H groups in total. The molecule has 1 aromatic carbocycles. The summed E-state index contributed by atoms with van der Waals surface area (Å²) in [5.74, 6) is 0.0834. The third-order valence-corrected chi connectivity index (χ3v) is 6.32. The molecular formula is C21H25ClFN5O3. The molecule has 4 rings (SSSR count).